The highest BCUT2D eigenvalue weighted by molar-refractivity contribution is 5.90. The highest BCUT2D eigenvalue weighted by Gasteiger charge is 2.27. The number of ether oxygens (including phenoxy) is 1. The Morgan fingerprint density at radius 2 is 1.71 bits per heavy atom. The van der Waals surface area contributed by atoms with Crippen LogP contribution in [-0.2, 0) is 9.53 Å². The third kappa shape index (κ3) is 5.56. The zero-order chi connectivity index (χ0) is 11.8. The Bertz CT molecular complexity index is 188. The van der Waals surface area contributed by atoms with Crippen molar-refractivity contribution < 1.29 is 14.3 Å². The number of ketones is 1. The zero-order valence-electron chi connectivity index (χ0n) is 9.93. The van der Waals surface area contributed by atoms with Gasteiger partial charge in [0.1, 0.15) is 0 Å². The monoisotopic (exact) mass is 203 g/mol. The predicted octanol–water partition coefficient (Wildman–Crippen LogP) is 2.13. The Kier molecular flexibility index (Phi) is 8.10. The van der Waals surface area contributed by atoms with Crippen molar-refractivity contribution in [3.63, 3.8) is 0 Å². The maximum absolute atomic E-state index is 11.2. The number of Topliss-reactive ketones (excluding diaryl/α,β-unsaturated/α-hetero) is 1. The van der Waals surface area contributed by atoms with E-state index in [0.717, 1.165) is 0 Å². The Balaban J connectivity index is 0. The van der Waals surface area contributed by atoms with E-state index in [0.29, 0.717) is 6.42 Å². The molecular weight excluding hydrogens is 182 g/mol. The van der Waals surface area contributed by atoms with E-state index < -0.39 is 11.6 Å². The Labute approximate surface area is 86.0 Å². The summed E-state index contributed by atoms with van der Waals surface area (Å²) in [6.07, 6.45) is -0.182. The molecule has 0 aromatic heterocycles. The van der Waals surface area contributed by atoms with Crippen LogP contribution in [0.3, 0.4) is 0 Å². The maximum Gasteiger partial charge on any atom is 0.407 e. The number of carbonyl (C=O) groups is 2. The standard InChI is InChI=1S/C8H15NO3.C2H6/c1-5-6(10)8(2,3)9-7(11)12-4;1-2/h5H2,1-4H3,(H,9,11);1-2H3. The van der Waals surface area contributed by atoms with Gasteiger partial charge in [-0.2, -0.15) is 0 Å². The number of rotatable bonds is 3. The molecule has 4 nitrogen and oxygen atoms in total. The zero-order valence-corrected chi connectivity index (χ0v) is 9.93. The summed E-state index contributed by atoms with van der Waals surface area (Å²) in [6, 6.07) is 0. The average Bonchev–Trinajstić information content (AvgIpc) is 2.18. The minimum atomic E-state index is -0.832. The van der Waals surface area contributed by atoms with Crippen molar-refractivity contribution in [2.75, 3.05) is 7.11 Å². The smallest absolute Gasteiger partial charge is 0.407 e. The lowest BCUT2D eigenvalue weighted by molar-refractivity contribution is -0.123. The lowest BCUT2D eigenvalue weighted by atomic mass is 9.98. The number of methoxy groups -OCH3 is 1. The highest BCUT2D eigenvalue weighted by atomic mass is 16.5. The second-order valence-electron chi connectivity index (χ2n) is 3.02. The lowest BCUT2D eigenvalue weighted by Crippen LogP contribution is -2.49. The van der Waals surface area contributed by atoms with Crippen LogP contribution in [0.25, 0.3) is 0 Å². The van der Waals surface area contributed by atoms with Crippen molar-refractivity contribution in [3.8, 4) is 0 Å². The Hall–Kier alpha value is -1.06. The first-order chi connectivity index (χ1) is 6.44. The average molecular weight is 203 g/mol. The van der Waals surface area contributed by atoms with Crippen molar-refractivity contribution in [1.29, 1.82) is 0 Å². The van der Waals surface area contributed by atoms with E-state index in [-0.39, 0.29) is 5.78 Å². The van der Waals surface area contributed by atoms with Gasteiger partial charge in [-0.3, -0.25) is 4.79 Å². The molecule has 0 saturated heterocycles. The molecule has 0 saturated carbocycles. The molecule has 0 heterocycles. The first-order valence-electron chi connectivity index (χ1n) is 4.83. The topological polar surface area (TPSA) is 55.4 Å². The number of hydrogen-bond donors (Lipinski definition) is 1. The van der Waals surface area contributed by atoms with Crippen molar-refractivity contribution in [2.24, 2.45) is 0 Å². The lowest BCUT2D eigenvalue weighted by Gasteiger charge is -2.22. The number of alkyl carbamates (subject to hydrolysis) is 1. The number of amides is 1. The highest BCUT2D eigenvalue weighted by Crippen LogP contribution is 2.06. The summed E-state index contributed by atoms with van der Waals surface area (Å²) in [5.41, 5.74) is -0.832. The second kappa shape index (κ2) is 7.35. The summed E-state index contributed by atoms with van der Waals surface area (Å²) in [4.78, 5) is 22.0. The molecule has 0 aliphatic heterocycles. The van der Waals surface area contributed by atoms with E-state index in [1.165, 1.54) is 7.11 Å². The summed E-state index contributed by atoms with van der Waals surface area (Å²) >= 11 is 0. The van der Waals surface area contributed by atoms with Crippen LogP contribution in [0, 0.1) is 0 Å². The fourth-order valence-electron chi connectivity index (χ4n) is 0.818. The van der Waals surface area contributed by atoms with Gasteiger partial charge in [-0.25, -0.2) is 4.79 Å². The van der Waals surface area contributed by atoms with Gasteiger partial charge in [0.25, 0.3) is 0 Å². The molecule has 14 heavy (non-hydrogen) atoms. The fourth-order valence-corrected chi connectivity index (χ4v) is 0.818. The van der Waals surface area contributed by atoms with Crippen LogP contribution in [0.15, 0.2) is 0 Å². The van der Waals surface area contributed by atoms with Gasteiger partial charge in [-0.15, -0.1) is 0 Å². The van der Waals surface area contributed by atoms with Crippen molar-refractivity contribution in [2.45, 2.75) is 46.6 Å². The van der Waals surface area contributed by atoms with E-state index in [2.05, 4.69) is 10.1 Å². The fraction of sp³-hybridized carbons (Fsp3) is 0.800. The minimum Gasteiger partial charge on any atom is -0.453 e. The van der Waals surface area contributed by atoms with Crippen LogP contribution in [0.4, 0.5) is 4.79 Å². The molecule has 0 unspecified atom stereocenters. The van der Waals surface area contributed by atoms with Gasteiger partial charge in [0, 0.05) is 6.42 Å². The molecule has 0 aliphatic carbocycles. The first-order valence-corrected chi connectivity index (χ1v) is 4.83. The van der Waals surface area contributed by atoms with E-state index >= 15 is 0 Å². The predicted molar refractivity (Wildman–Crippen MR) is 56.3 cm³/mol. The molecule has 84 valence electrons. The quantitative estimate of drug-likeness (QED) is 0.764. The molecule has 0 bridgehead atoms. The van der Waals surface area contributed by atoms with Crippen LogP contribution in [0.5, 0.6) is 0 Å². The first kappa shape index (κ1) is 15.4. The van der Waals surface area contributed by atoms with Crippen LogP contribution in [0.2, 0.25) is 0 Å². The van der Waals surface area contributed by atoms with Crippen molar-refractivity contribution in [1.82, 2.24) is 5.32 Å². The Morgan fingerprint density at radius 1 is 1.29 bits per heavy atom. The van der Waals surface area contributed by atoms with Crippen molar-refractivity contribution in [3.05, 3.63) is 0 Å². The molecule has 0 atom stereocenters. The summed E-state index contributed by atoms with van der Waals surface area (Å²) in [5, 5.41) is 2.45. The third-order valence-electron chi connectivity index (χ3n) is 1.62. The number of carbonyl (C=O) groups excluding carboxylic acids is 2. The molecule has 0 aromatic rings. The van der Waals surface area contributed by atoms with E-state index in [1.807, 2.05) is 13.8 Å². The second-order valence-corrected chi connectivity index (χ2v) is 3.02. The number of hydrogen-bond acceptors (Lipinski definition) is 3. The molecule has 0 aliphatic rings. The summed E-state index contributed by atoms with van der Waals surface area (Å²) < 4.78 is 4.38. The minimum absolute atomic E-state index is 0.0205. The Morgan fingerprint density at radius 3 is 2.00 bits per heavy atom. The molecule has 4 heteroatoms. The van der Waals surface area contributed by atoms with Crippen LogP contribution in [-0.4, -0.2) is 24.5 Å². The molecule has 0 radical (unpaired) electrons. The van der Waals surface area contributed by atoms with E-state index in [4.69, 9.17) is 0 Å². The van der Waals surface area contributed by atoms with Crippen LogP contribution >= 0.6 is 0 Å². The molecule has 0 fully saturated rings. The SMILES string of the molecule is CC.CCC(=O)C(C)(C)NC(=O)OC. The van der Waals surface area contributed by atoms with Gasteiger partial charge < -0.3 is 10.1 Å². The summed E-state index contributed by atoms with van der Waals surface area (Å²) in [5.74, 6) is -0.0205. The van der Waals surface area contributed by atoms with Crippen molar-refractivity contribution >= 4 is 11.9 Å². The third-order valence-corrected chi connectivity index (χ3v) is 1.62. The summed E-state index contributed by atoms with van der Waals surface area (Å²) in [6.45, 7) is 9.05. The van der Waals surface area contributed by atoms with Gasteiger partial charge in [0.15, 0.2) is 5.78 Å². The summed E-state index contributed by atoms with van der Waals surface area (Å²) in [7, 11) is 1.27. The van der Waals surface area contributed by atoms with E-state index in [9.17, 15) is 9.59 Å². The van der Waals surface area contributed by atoms with Gasteiger partial charge in [-0.05, 0) is 13.8 Å². The maximum atomic E-state index is 11.2. The normalized spacial score (nSPS) is 9.57. The van der Waals surface area contributed by atoms with Gasteiger partial charge >= 0.3 is 6.09 Å². The molecule has 0 aromatic carbocycles. The van der Waals surface area contributed by atoms with E-state index in [1.54, 1.807) is 20.8 Å². The molecule has 0 rings (SSSR count). The molecule has 1 amide bonds. The molecule has 1 N–H and O–H groups in total. The molecule has 0 spiro atoms. The van der Waals surface area contributed by atoms with Gasteiger partial charge in [0.05, 0.1) is 12.6 Å². The number of nitrogens with one attached hydrogen (secondary N) is 1. The van der Waals surface area contributed by atoms with Crippen LogP contribution < -0.4 is 5.32 Å². The van der Waals surface area contributed by atoms with Gasteiger partial charge in [0.2, 0.25) is 0 Å². The van der Waals surface area contributed by atoms with Crippen LogP contribution in [0.1, 0.15) is 41.0 Å². The van der Waals surface area contributed by atoms with Gasteiger partial charge in [-0.1, -0.05) is 20.8 Å². The largest absolute Gasteiger partial charge is 0.453 e. The molecular formula is C10H21NO3.